The Morgan fingerprint density at radius 2 is 2.43 bits per heavy atom. The van der Waals surface area contributed by atoms with Crippen molar-refractivity contribution in [3.05, 3.63) is 12.4 Å². The van der Waals surface area contributed by atoms with Crippen LogP contribution in [0.4, 0.5) is 0 Å². The van der Waals surface area contributed by atoms with E-state index in [1.165, 1.54) is 0 Å². The Balaban J connectivity index is 1.95. The molecule has 1 aromatic rings. The molecule has 0 spiro atoms. The number of aromatic nitrogens is 3. The molecule has 0 saturated carbocycles. The van der Waals surface area contributed by atoms with E-state index in [1.807, 2.05) is 17.8 Å². The zero-order valence-corrected chi connectivity index (χ0v) is 8.81. The third kappa shape index (κ3) is 4.34. The largest absolute Gasteiger partial charge is 0.380 e. The molecule has 1 heterocycles. The van der Waals surface area contributed by atoms with Gasteiger partial charge >= 0.3 is 0 Å². The second-order valence-corrected chi connectivity index (χ2v) is 3.27. The Morgan fingerprint density at radius 1 is 1.57 bits per heavy atom. The van der Waals surface area contributed by atoms with Crippen LogP contribution in [0.2, 0.25) is 0 Å². The summed E-state index contributed by atoms with van der Waals surface area (Å²) in [5.74, 6) is 0. The average Bonchev–Trinajstić information content (AvgIpc) is 2.69. The highest BCUT2D eigenvalue weighted by Gasteiger charge is 1.97. The highest BCUT2D eigenvalue weighted by molar-refractivity contribution is 4.64. The first-order valence-electron chi connectivity index (χ1n) is 4.90. The van der Waals surface area contributed by atoms with Gasteiger partial charge in [-0.25, -0.2) is 0 Å². The van der Waals surface area contributed by atoms with Crippen LogP contribution in [0.1, 0.15) is 13.3 Å². The van der Waals surface area contributed by atoms with Crippen molar-refractivity contribution in [1.82, 2.24) is 20.3 Å². The average molecular weight is 198 g/mol. The van der Waals surface area contributed by atoms with Crippen LogP contribution in [-0.2, 0) is 11.3 Å². The van der Waals surface area contributed by atoms with Crippen molar-refractivity contribution in [2.75, 3.05) is 20.2 Å². The van der Waals surface area contributed by atoms with Gasteiger partial charge in [-0.05, 0) is 19.9 Å². The number of nitrogens with one attached hydrogen (secondary N) is 1. The van der Waals surface area contributed by atoms with Crippen LogP contribution in [0.3, 0.4) is 0 Å². The molecule has 0 amide bonds. The third-order valence-electron chi connectivity index (χ3n) is 2.05. The van der Waals surface area contributed by atoms with Crippen molar-refractivity contribution in [2.24, 2.45) is 0 Å². The Bertz CT molecular complexity index is 225. The topological polar surface area (TPSA) is 52.0 Å². The lowest BCUT2D eigenvalue weighted by Crippen LogP contribution is -2.27. The summed E-state index contributed by atoms with van der Waals surface area (Å²) in [6, 6.07) is 0. The molecule has 0 aliphatic carbocycles. The van der Waals surface area contributed by atoms with E-state index in [4.69, 9.17) is 4.74 Å². The molecule has 0 aliphatic rings. The van der Waals surface area contributed by atoms with Gasteiger partial charge in [-0.15, -0.1) is 5.10 Å². The van der Waals surface area contributed by atoms with Gasteiger partial charge in [-0.3, -0.25) is 4.68 Å². The van der Waals surface area contributed by atoms with Crippen molar-refractivity contribution in [1.29, 1.82) is 0 Å². The second-order valence-electron chi connectivity index (χ2n) is 3.27. The van der Waals surface area contributed by atoms with Gasteiger partial charge in [0.1, 0.15) is 0 Å². The highest BCUT2D eigenvalue weighted by atomic mass is 16.5. The number of ether oxygens (including phenoxy) is 1. The molecule has 14 heavy (non-hydrogen) atoms. The lowest BCUT2D eigenvalue weighted by molar-refractivity contribution is 0.117. The van der Waals surface area contributed by atoms with Crippen molar-refractivity contribution >= 4 is 0 Å². The summed E-state index contributed by atoms with van der Waals surface area (Å²) in [5.41, 5.74) is 0. The molecular formula is C9H18N4O. The van der Waals surface area contributed by atoms with Crippen molar-refractivity contribution < 1.29 is 4.74 Å². The van der Waals surface area contributed by atoms with Gasteiger partial charge in [0.2, 0.25) is 0 Å². The second kappa shape index (κ2) is 6.50. The van der Waals surface area contributed by atoms with Gasteiger partial charge in [-0.1, -0.05) is 5.21 Å². The maximum absolute atomic E-state index is 5.11. The van der Waals surface area contributed by atoms with Crippen LogP contribution in [-0.4, -0.2) is 41.3 Å². The first-order valence-corrected chi connectivity index (χ1v) is 4.90. The van der Waals surface area contributed by atoms with Crippen molar-refractivity contribution in [2.45, 2.75) is 26.0 Å². The molecule has 1 N–H and O–H groups in total. The summed E-state index contributed by atoms with van der Waals surface area (Å²) >= 11 is 0. The molecule has 1 unspecified atom stereocenters. The van der Waals surface area contributed by atoms with E-state index in [0.717, 1.165) is 26.1 Å². The molecule has 0 radical (unpaired) electrons. The fraction of sp³-hybridized carbons (Fsp3) is 0.778. The molecule has 1 rings (SSSR count). The van der Waals surface area contributed by atoms with Crippen molar-refractivity contribution in [3.8, 4) is 0 Å². The summed E-state index contributed by atoms with van der Waals surface area (Å²) in [4.78, 5) is 0. The van der Waals surface area contributed by atoms with Crippen LogP contribution in [0.15, 0.2) is 12.4 Å². The first kappa shape index (κ1) is 11.1. The molecule has 1 aromatic heterocycles. The van der Waals surface area contributed by atoms with Gasteiger partial charge in [0.05, 0.1) is 12.3 Å². The summed E-state index contributed by atoms with van der Waals surface area (Å²) in [5, 5.41) is 10.9. The maximum atomic E-state index is 5.11. The minimum absolute atomic E-state index is 0.279. The molecule has 0 saturated heterocycles. The Kier molecular flexibility index (Phi) is 5.17. The predicted octanol–water partition coefficient (Wildman–Crippen LogP) is 0.293. The van der Waals surface area contributed by atoms with Crippen molar-refractivity contribution in [3.63, 3.8) is 0 Å². The Hall–Kier alpha value is -0.940. The fourth-order valence-electron chi connectivity index (χ4n) is 1.11. The van der Waals surface area contributed by atoms with Gasteiger partial charge < -0.3 is 10.1 Å². The van der Waals surface area contributed by atoms with E-state index in [-0.39, 0.29) is 6.10 Å². The molecular weight excluding hydrogens is 180 g/mol. The standard InChI is InChI=1S/C9H18N4O/c1-9(14-2)8-10-4-3-6-13-7-5-11-12-13/h5,7,9-10H,3-4,6,8H2,1-2H3. The highest BCUT2D eigenvalue weighted by Crippen LogP contribution is 1.87. The lowest BCUT2D eigenvalue weighted by Gasteiger charge is -2.10. The van der Waals surface area contributed by atoms with Gasteiger partial charge in [0.25, 0.3) is 0 Å². The number of hydrogen-bond donors (Lipinski definition) is 1. The monoisotopic (exact) mass is 198 g/mol. The zero-order valence-electron chi connectivity index (χ0n) is 8.81. The quantitative estimate of drug-likeness (QED) is 0.640. The molecule has 1 atom stereocenters. The minimum atomic E-state index is 0.279. The number of methoxy groups -OCH3 is 1. The molecule has 5 nitrogen and oxygen atoms in total. The molecule has 0 aromatic carbocycles. The molecule has 0 fully saturated rings. The summed E-state index contributed by atoms with van der Waals surface area (Å²) < 4.78 is 6.95. The molecule has 0 aliphatic heterocycles. The summed E-state index contributed by atoms with van der Waals surface area (Å²) in [6.45, 7) is 4.83. The van der Waals surface area contributed by atoms with E-state index in [0.29, 0.717) is 0 Å². The van der Waals surface area contributed by atoms with E-state index in [9.17, 15) is 0 Å². The zero-order chi connectivity index (χ0) is 10.2. The normalized spacial score (nSPS) is 13.0. The summed E-state index contributed by atoms with van der Waals surface area (Å²) in [7, 11) is 1.72. The van der Waals surface area contributed by atoms with Crippen LogP contribution >= 0.6 is 0 Å². The molecule has 0 bridgehead atoms. The van der Waals surface area contributed by atoms with Crippen LogP contribution < -0.4 is 5.32 Å². The third-order valence-corrected chi connectivity index (χ3v) is 2.05. The SMILES string of the molecule is COC(C)CNCCCn1ccnn1. The number of rotatable bonds is 7. The van der Waals surface area contributed by atoms with Gasteiger partial charge in [0.15, 0.2) is 0 Å². The van der Waals surface area contributed by atoms with E-state index in [1.54, 1.807) is 13.3 Å². The molecule has 80 valence electrons. The maximum Gasteiger partial charge on any atom is 0.0692 e. The van der Waals surface area contributed by atoms with E-state index >= 15 is 0 Å². The van der Waals surface area contributed by atoms with Gasteiger partial charge in [0, 0.05) is 26.4 Å². The Morgan fingerprint density at radius 3 is 3.07 bits per heavy atom. The smallest absolute Gasteiger partial charge is 0.0692 e. The Labute approximate surface area is 84.4 Å². The van der Waals surface area contributed by atoms with E-state index < -0.39 is 0 Å². The predicted molar refractivity (Wildman–Crippen MR) is 54.0 cm³/mol. The lowest BCUT2D eigenvalue weighted by atomic mass is 10.3. The first-order chi connectivity index (χ1) is 6.83. The molecule has 5 heteroatoms. The number of nitrogens with zero attached hydrogens (tertiary/aromatic N) is 3. The number of hydrogen-bond acceptors (Lipinski definition) is 4. The van der Waals surface area contributed by atoms with Crippen LogP contribution in [0.25, 0.3) is 0 Å². The fourth-order valence-corrected chi connectivity index (χ4v) is 1.11. The number of aryl methyl sites for hydroxylation is 1. The van der Waals surface area contributed by atoms with Gasteiger partial charge in [-0.2, -0.15) is 0 Å². The van der Waals surface area contributed by atoms with E-state index in [2.05, 4.69) is 15.6 Å². The summed E-state index contributed by atoms with van der Waals surface area (Å²) in [6.07, 6.45) is 4.90. The van der Waals surface area contributed by atoms with Crippen LogP contribution in [0, 0.1) is 0 Å². The minimum Gasteiger partial charge on any atom is -0.380 e. The van der Waals surface area contributed by atoms with Crippen LogP contribution in [0.5, 0.6) is 0 Å².